The van der Waals surface area contributed by atoms with Crippen LogP contribution in [0.5, 0.6) is 11.5 Å². The van der Waals surface area contributed by atoms with Gasteiger partial charge in [-0.05, 0) is 43.7 Å². The number of amidine groups is 1. The van der Waals surface area contributed by atoms with E-state index in [9.17, 15) is 4.79 Å². The first-order valence-corrected chi connectivity index (χ1v) is 9.06. The zero-order valence-electron chi connectivity index (χ0n) is 14.2. The number of benzene rings is 1. The lowest BCUT2D eigenvalue weighted by Gasteiger charge is -2.16. The van der Waals surface area contributed by atoms with Crippen LogP contribution in [0.2, 0.25) is 0 Å². The van der Waals surface area contributed by atoms with Crippen LogP contribution >= 0.6 is 11.8 Å². The van der Waals surface area contributed by atoms with Crippen molar-refractivity contribution in [3.05, 3.63) is 23.3 Å². The van der Waals surface area contributed by atoms with Gasteiger partial charge in [-0.3, -0.25) is 9.79 Å². The van der Waals surface area contributed by atoms with E-state index in [1.54, 1.807) is 0 Å². The van der Waals surface area contributed by atoms with Gasteiger partial charge in [0.25, 0.3) is 5.91 Å². The third kappa shape index (κ3) is 3.13. The number of amides is 1. The van der Waals surface area contributed by atoms with Crippen LogP contribution in [0.25, 0.3) is 0 Å². The van der Waals surface area contributed by atoms with Crippen molar-refractivity contribution in [2.45, 2.75) is 33.6 Å². The molecule has 1 aromatic rings. The summed E-state index contributed by atoms with van der Waals surface area (Å²) in [6.07, 6.45) is 1.93. The highest BCUT2D eigenvalue weighted by Gasteiger charge is 2.34. The molecule has 0 saturated carbocycles. The Labute approximate surface area is 145 Å². The first kappa shape index (κ1) is 16.8. The van der Waals surface area contributed by atoms with Crippen LogP contribution in [-0.2, 0) is 11.2 Å². The molecule has 0 radical (unpaired) electrons. The maximum Gasteiger partial charge on any atom is 0.271 e. The van der Waals surface area contributed by atoms with Crippen molar-refractivity contribution in [1.82, 2.24) is 5.01 Å². The molecule has 3 rings (SSSR count). The summed E-state index contributed by atoms with van der Waals surface area (Å²) in [5, 5.41) is 7.20. The maximum atomic E-state index is 11.8. The standard InChI is InChI=1S/C17H21N3O3S/c1-4-7-11-8-12(14(23-6-3)9-13(11)22-5-2)16-19-20-15(21)10-18-17(20)24-16/h8-9H,4-7,10H2,1-3H3. The number of hydrazone groups is 1. The summed E-state index contributed by atoms with van der Waals surface area (Å²) in [6, 6.07) is 4.00. The number of ether oxygens (including phenoxy) is 2. The number of carbonyl (C=O) groups excluding carboxylic acids is 1. The minimum Gasteiger partial charge on any atom is -0.493 e. The van der Waals surface area contributed by atoms with Gasteiger partial charge in [-0.25, -0.2) is 0 Å². The molecule has 6 nitrogen and oxygen atoms in total. The Hall–Kier alpha value is -2.02. The molecule has 1 amide bonds. The number of rotatable bonds is 7. The molecule has 2 heterocycles. The van der Waals surface area contributed by atoms with Gasteiger partial charge in [-0.15, -0.1) is 0 Å². The Balaban J connectivity index is 2.02. The Morgan fingerprint density at radius 3 is 2.58 bits per heavy atom. The molecule has 0 N–H and O–H groups in total. The smallest absolute Gasteiger partial charge is 0.271 e. The molecule has 0 spiro atoms. The second-order valence-electron chi connectivity index (χ2n) is 5.38. The number of nitrogens with zero attached hydrogens (tertiary/aromatic N) is 3. The lowest BCUT2D eigenvalue weighted by molar-refractivity contribution is -0.124. The number of hydrogen-bond acceptors (Lipinski definition) is 6. The van der Waals surface area contributed by atoms with Crippen LogP contribution < -0.4 is 9.47 Å². The maximum absolute atomic E-state index is 11.8. The Kier molecular flexibility index (Phi) is 5.08. The van der Waals surface area contributed by atoms with Gasteiger partial charge < -0.3 is 9.47 Å². The number of carbonyl (C=O) groups is 1. The number of hydrogen-bond donors (Lipinski definition) is 0. The monoisotopic (exact) mass is 347 g/mol. The van der Waals surface area contributed by atoms with Gasteiger partial charge in [-0.2, -0.15) is 10.1 Å². The van der Waals surface area contributed by atoms with Crippen LogP contribution in [0.4, 0.5) is 0 Å². The van der Waals surface area contributed by atoms with Crippen molar-refractivity contribution in [3.8, 4) is 11.5 Å². The normalized spacial score (nSPS) is 16.1. The molecule has 0 bridgehead atoms. The van der Waals surface area contributed by atoms with Crippen molar-refractivity contribution >= 4 is 27.9 Å². The summed E-state index contributed by atoms with van der Waals surface area (Å²) < 4.78 is 11.6. The first-order valence-electron chi connectivity index (χ1n) is 8.24. The largest absolute Gasteiger partial charge is 0.493 e. The van der Waals surface area contributed by atoms with Crippen molar-refractivity contribution in [2.24, 2.45) is 10.1 Å². The fourth-order valence-electron chi connectivity index (χ4n) is 2.66. The zero-order chi connectivity index (χ0) is 17.1. The van der Waals surface area contributed by atoms with Crippen LogP contribution in [0.15, 0.2) is 22.2 Å². The van der Waals surface area contributed by atoms with Gasteiger partial charge >= 0.3 is 0 Å². The average Bonchev–Trinajstić information content (AvgIpc) is 3.13. The summed E-state index contributed by atoms with van der Waals surface area (Å²) in [7, 11) is 0. The lowest BCUT2D eigenvalue weighted by atomic mass is 10.0. The van der Waals surface area contributed by atoms with E-state index in [1.807, 2.05) is 19.9 Å². The first-order chi connectivity index (χ1) is 11.7. The van der Waals surface area contributed by atoms with Gasteiger partial charge in [0.2, 0.25) is 0 Å². The minimum atomic E-state index is -0.0924. The number of thioether (sulfide) groups is 1. The molecule has 0 aromatic heterocycles. The molecule has 7 heteroatoms. The van der Waals surface area contributed by atoms with E-state index in [0.717, 1.165) is 40.5 Å². The van der Waals surface area contributed by atoms with Crippen LogP contribution in [0.1, 0.15) is 38.3 Å². The minimum absolute atomic E-state index is 0.0924. The van der Waals surface area contributed by atoms with E-state index < -0.39 is 0 Å². The number of aliphatic imine (C=N–C) groups is 1. The summed E-state index contributed by atoms with van der Waals surface area (Å²) in [6.45, 7) is 7.39. The predicted octanol–water partition coefficient (Wildman–Crippen LogP) is 3.04. The molecule has 2 aliphatic rings. The van der Waals surface area contributed by atoms with Gasteiger partial charge in [-0.1, -0.05) is 13.3 Å². The molecular weight excluding hydrogens is 326 g/mol. The number of fused-ring (bicyclic) bond motifs is 1. The van der Waals surface area contributed by atoms with E-state index in [2.05, 4.69) is 23.1 Å². The molecular formula is C17H21N3O3S. The van der Waals surface area contributed by atoms with E-state index in [4.69, 9.17) is 9.47 Å². The quantitative estimate of drug-likeness (QED) is 0.760. The third-order valence-corrected chi connectivity index (χ3v) is 4.64. The topological polar surface area (TPSA) is 63.5 Å². The molecule has 1 aromatic carbocycles. The van der Waals surface area contributed by atoms with Crippen LogP contribution in [0.3, 0.4) is 0 Å². The number of aryl methyl sites for hydroxylation is 1. The molecule has 2 aliphatic heterocycles. The predicted molar refractivity (Wildman–Crippen MR) is 96.1 cm³/mol. The molecule has 128 valence electrons. The second-order valence-corrected chi connectivity index (χ2v) is 6.34. The molecule has 0 aliphatic carbocycles. The average molecular weight is 347 g/mol. The third-order valence-electron chi connectivity index (χ3n) is 3.66. The highest BCUT2D eigenvalue weighted by atomic mass is 32.2. The van der Waals surface area contributed by atoms with Crippen LogP contribution in [0, 0.1) is 0 Å². The van der Waals surface area contributed by atoms with Crippen LogP contribution in [-0.4, -0.2) is 40.9 Å². The highest BCUT2D eigenvalue weighted by Crippen LogP contribution is 2.36. The SMILES string of the molecule is CCCc1cc(C2=NN3C(=O)CN=C3S2)c(OCC)cc1OCC. The van der Waals surface area contributed by atoms with E-state index in [1.165, 1.54) is 16.8 Å². The van der Waals surface area contributed by atoms with Crippen molar-refractivity contribution in [1.29, 1.82) is 0 Å². The summed E-state index contributed by atoms with van der Waals surface area (Å²) in [5.41, 5.74) is 2.01. The van der Waals surface area contributed by atoms with Gasteiger partial charge in [0.15, 0.2) is 5.17 Å². The molecule has 0 unspecified atom stereocenters. The summed E-state index contributed by atoms with van der Waals surface area (Å²) in [4.78, 5) is 16.0. The van der Waals surface area contributed by atoms with Gasteiger partial charge in [0, 0.05) is 6.07 Å². The fourth-order valence-corrected chi connectivity index (χ4v) is 3.58. The Bertz CT molecular complexity index is 715. The molecule has 0 saturated heterocycles. The van der Waals surface area contributed by atoms with E-state index in [-0.39, 0.29) is 12.5 Å². The van der Waals surface area contributed by atoms with Crippen molar-refractivity contribution < 1.29 is 14.3 Å². The summed E-state index contributed by atoms with van der Waals surface area (Å²) >= 11 is 1.41. The van der Waals surface area contributed by atoms with Gasteiger partial charge in [0.05, 0.1) is 18.8 Å². The Morgan fingerprint density at radius 1 is 1.17 bits per heavy atom. The fraction of sp³-hybridized carbons (Fsp3) is 0.471. The molecule has 24 heavy (non-hydrogen) atoms. The van der Waals surface area contributed by atoms with Crippen molar-refractivity contribution in [3.63, 3.8) is 0 Å². The highest BCUT2D eigenvalue weighted by molar-refractivity contribution is 8.27. The lowest BCUT2D eigenvalue weighted by Crippen LogP contribution is -2.21. The molecule has 0 atom stereocenters. The zero-order valence-corrected chi connectivity index (χ0v) is 15.0. The van der Waals surface area contributed by atoms with E-state index in [0.29, 0.717) is 18.4 Å². The second kappa shape index (κ2) is 7.25. The Morgan fingerprint density at radius 2 is 1.92 bits per heavy atom. The van der Waals surface area contributed by atoms with E-state index >= 15 is 0 Å². The summed E-state index contributed by atoms with van der Waals surface area (Å²) in [5.74, 6) is 1.48. The molecule has 0 fully saturated rings. The van der Waals surface area contributed by atoms with Gasteiger partial charge in [0.1, 0.15) is 23.1 Å². The van der Waals surface area contributed by atoms with Crippen molar-refractivity contribution in [2.75, 3.05) is 19.8 Å².